The highest BCUT2D eigenvalue weighted by atomic mass is 79.9. The van der Waals surface area contributed by atoms with Gasteiger partial charge in [0.05, 0.1) is 5.75 Å². The van der Waals surface area contributed by atoms with Crippen LogP contribution in [-0.2, 0) is 4.79 Å². The maximum atomic E-state index is 11.7. The minimum Gasteiger partial charge on any atom is -0.299 e. The Kier molecular flexibility index (Phi) is 7.62. The van der Waals surface area contributed by atoms with E-state index in [9.17, 15) is 4.79 Å². The van der Waals surface area contributed by atoms with Crippen LogP contribution >= 0.6 is 27.7 Å². The second kappa shape index (κ2) is 8.76. The molecule has 0 atom stereocenters. The molecule has 0 aliphatic rings. The molecule has 0 saturated heterocycles. The monoisotopic (exact) mass is 314 g/mol. The number of hydrogen-bond donors (Lipinski definition) is 0. The number of benzene rings is 1. The van der Waals surface area contributed by atoms with Gasteiger partial charge in [-0.1, -0.05) is 38.3 Å². The SMILES string of the molecule is CCCCCCC(=O)CSc1ccccc1Br. The molecule has 1 aromatic carbocycles. The summed E-state index contributed by atoms with van der Waals surface area (Å²) in [6.07, 6.45) is 5.42. The van der Waals surface area contributed by atoms with Crippen LogP contribution in [0.2, 0.25) is 0 Å². The standard InChI is InChI=1S/C14H19BrOS/c1-2-3-4-5-8-12(16)11-17-14-10-7-6-9-13(14)15/h6-7,9-10H,2-5,8,11H2,1H3. The van der Waals surface area contributed by atoms with E-state index in [1.165, 1.54) is 19.3 Å². The Balaban J connectivity index is 2.22. The number of ketones is 1. The van der Waals surface area contributed by atoms with Crippen LogP contribution in [0, 0.1) is 0 Å². The molecule has 0 fully saturated rings. The van der Waals surface area contributed by atoms with Crippen molar-refractivity contribution in [1.82, 2.24) is 0 Å². The Hall–Kier alpha value is -0.280. The lowest BCUT2D eigenvalue weighted by Gasteiger charge is -2.03. The first-order valence-corrected chi connectivity index (χ1v) is 7.91. The summed E-state index contributed by atoms with van der Waals surface area (Å²) in [6.45, 7) is 2.19. The maximum Gasteiger partial charge on any atom is 0.143 e. The van der Waals surface area contributed by atoms with Crippen molar-refractivity contribution in [3.05, 3.63) is 28.7 Å². The summed E-state index contributed by atoms with van der Waals surface area (Å²) < 4.78 is 1.07. The number of halogens is 1. The Bertz CT molecular complexity index is 352. The van der Waals surface area contributed by atoms with Crippen molar-refractivity contribution in [2.24, 2.45) is 0 Å². The van der Waals surface area contributed by atoms with E-state index in [1.807, 2.05) is 24.3 Å². The van der Waals surface area contributed by atoms with Crippen LogP contribution in [0.25, 0.3) is 0 Å². The Morgan fingerprint density at radius 2 is 2.00 bits per heavy atom. The zero-order chi connectivity index (χ0) is 12.5. The first-order chi connectivity index (χ1) is 8.24. The maximum absolute atomic E-state index is 11.7. The molecule has 0 N–H and O–H groups in total. The van der Waals surface area contributed by atoms with Gasteiger partial charge in [-0.25, -0.2) is 0 Å². The highest BCUT2D eigenvalue weighted by Crippen LogP contribution is 2.27. The average molecular weight is 315 g/mol. The number of thioether (sulfide) groups is 1. The van der Waals surface area contributed by atoms with Gasteiger partial charge in [-0.2, -0.15) is 0 Å². The van der Waals surface area contributed by atoms with E-state index in [2.05, 4.69) is 22.9 Å². The van der Waals surface area contributed by atoms with Crippen LogP contribution in [0.1, 0.15) is 39.0 Å². The number of unbranched alkanes of at least 4 members (excludes halogenated alkanes) is 3. The van der Waals surface area contributed by atoms with Crippen molar-refractivity contribution >= 4 is 33.5 Å². The Morgan fingerprint density at radius 3 is 2.71 bits per heavy atom. The van der Waals surface area contributed by atoms with Gasteiger partial charge in [-0.05, 0) is 34.5 Å². The lowest BCUT2D eigenvalue weighted by atomic mass is 10.1. The summed E-state index contributed by atoms with van der Waals surface area (Å²) in [5.74, 6) is 0.955. The van der Waals surface area contributed by atoms with Crippen molar-refractivity contribution in [3.8, 4) is 0 Å². The van der Waals surface area contributed by atoms with Crippen LogP contribution in [0.5, 0.6) is 0 Å². The second-order valence-corrected chi connectivity index (χ2v) is 5.94. The molecule has 94 valence electrons. The second-order valence-electron chi connectivity index (χ2n) is 4.07. The molecule has 0 heterocycles. The van der Waals surface area contributed by atoms with Crippen LogP contribution < -0.4 is 0 Å². The lowest BCUT2D eigenvalue weighted by Crippen LogP contribution is -2.01. The molecule has 0 bridgehead atoms. The highest BCUT2D eigenvalue weighted by molar-refractivity contribution is 9.10. The molecule has 0 radical (unpaired) electrons. The van der Waals surface area contributed by atoms with Gasteiger partial charge in [-0.15, -0.1) is 11.8 Å². The molecule has 0 amide bonds. The van der Waals surface area contributed by atoms with E-state index in [1.54, 1.807) is 11.8 Å². The first-order valence-electron chi connectivity index (χ1n) is 6.13. The summed E-state index contributed by atoms with van der Waals surface area (Å²) >= 11 is 5.11. The normalized spacial score (nSPS) is 10.5. The molecule has 1 nitrogen and oxygen atoms in total. The third-order valence-electron chi connectivity index (χ3n) is 2.53. The van der Waals surface area contributed by atoms with Gasteiger partial charge in [0, 0.05) is 15.8 Å². The van der Waals surface area contributed by atoms with E-state index in [4.69, 9.17) is 0 Å². The van der Waals surface area contributed by atoms with Gasteiger partial charge in [0.25, 0.3) is 0 Å². The minimum atomic E-state index is 0.363. The van der Waals surface area contributed by atoms with Crippen LogP contribution in [0.3, 0.4) is 0 Å². The molecule has 0 aliphatic heterocycles. The molecule has 0 aliphatic carbocycles. The third-order valence-corrected chi connectivity index (χ3v) is 4.62. The van der Waals surface area contributed by atoms with Crippen molar-refractivity contribution in [2.75, 3.05) is 5.75 Å². The largest absolute Gasteiger partial charge is 0.299 e. The number of carbonyl (C=O) groups is 1. The molecule has 0 unspecified atom stereocenters. The Morgan fingerprint density at radius 1 is 1.24 bits per heavy atom. The van der Waals surface area contributed by atoms with Gasteiger partial charge >= 0.3 is 0 Å². The molecule has 0 saturated carbocycles. The third kappa shape index (κ3) is 6.27. The van der Waals surface area contributed by atoms with Crippen molar-refractivity contribution in [3.63, 3.8) is 0 Å². The molecular weight excluding hydrogens is 296 g/mol. The van der Waals surface area contributed by atoms with Crippen LogP contribution in [-0.4, -0.2) is 11.5 Å². The fourth-order valence-electron chi connectivity index (χ4n) is 1.54. The zero-order valence-corrected chi connectivity index (χ0v) is 12.6. The van der Waals surface area contributed by atoms with E-state index in [-0.39, 0.29) is 0 Å². The topological polar surface area (TPSA) is 17.1 Å². The molecule has 1 aromatic rings. The summed E-state index contributed by atoms with van der Waals surface area (Å²) in [5, 5.41) is 0. The van der Waals surface area contributed by atoms with E-state index in [0.717, 1.165) is 22.2 Å². The fourth-order valence-corrected chi connectivity index (χ4v) is 3.01. The first kappa shape index (κ1) is 14.8. The average Bonchev–Trinajstić information content (AvgIpc) is 2.34. The van der Waals surface area contributed by atoms with Gasteiger partial charge in [-0.3, -0.25) is 4.79 Å². The van der Waals surface area contributed by atoms with E-state index >= 15 is 0 Å². The van der Waals surface area contributed by atoms with Crippen molar-refractivity contribution in [2.45, 2.75) is 43.9 Å². The lowest BCUT2D eigenvalue weighted by molar-refractivity contribution is -0.116. The number of Topliss-reactive ketones (excluding diaryl/α,β-unsaturated/α-hetero) is 1. The van der Waals surface area contributed by atoms with E-state index in [0.29, 0.717) is 11.5 Å². The van der Waals surface area contributed by atoms with Gasteiger partial charge in [0.2, 0.25) is 0 Å². The highest BCUT2D eigenvalue weighted by Gasteiger charge is 2.05. The van der Waals surface area contributed by atoms with Crippen LogP contribution in [0.15, 0.2) is 33.6 Å². The van der Waals surface area contributed by atoms with Gasteiger partial charge < -0.3 is 0 Å². The van der Waals surface area contributed by atoms with Gasteiger partial charge in [0.1, 0.15) is 5.78 Å². The smallest absolute Gasteiger partial charge is 0.143 e. The zero-order valence-electron chi connectivity index (χ0n) is 10.2. The summed E-state index contributed by atoms with van der Waals surface area (Å²) in [4.78, 5) is 12.8. The quantitative estimate of drug-likeness (QED) is 0.491. The predicted molar refractivity (Wildman–Crippen MR) is 78.6 cm³/mol. The molecule has 3 heteroatoms. The fraction of sp³-hybridized carbons (Fsp3) is 0.500. The number of hydrogen-bond acceptors (Lipinski definition) is 2. The number of carbonyl (C=O) groups excluding carboxylic acids is 1. The molecule has 17 heavy (non-hydrogen) atoms. The molecular formula is C14H19BrOS. The van der Waals surface area contributed by atoms with Crippen LogP contribution in [0.4, 0.5) is 0 Å². The summed E-state index contributed by atoms with van der Waals surface area (Å²) in [5.41, 5.74) is 0. The number of rotatable bonds is 8. The van der Waals surface area contributed by atoms with Crippen molar-refractivity contribution < 1.29 is 4.79 Å². The predicted octanol–water partition coefficient (Wildman–Crippen LogP) is 5.08. The minimum absolute atomic E-state index is 0.363. The summed E-state index contributed by atoms with van der Waals surface area (Å²) in [7, 11) is 0. The Labute approximate surface area is 117 Å². The van der Waals surface area contributed by atoms with E-state index < -0.39 is 0 Å². The summed E-state index contributed by atoms with van der Waals surface area (Å²) in [6, 6.07) is 8.03. The van der Waals surface area contributed by atoms with Crippen molar-refractivity contribution in [1.29, 1.82) is 0 Å². The molecule has 0 spiro atoms. The molecule has 0 aromatic heterocycles. The van der Waals surface area contributed by atoms with Gasteiger partial charge in [0.15, 0.2) is 0 Å². The molecule has 1 rings (SSSR count).